The van der Waals surface area contributed by atoms with Crippen LogP contribution in [-0.2, 0) is 0 Å². The van der Waals surface area contributed by atoms with Crippen molar-refractivity contribution in [2.75, 3.05) is 11.9 Å². The molecule has 0 spiro atoms. The number of hydrogen-bond acceptors (Lipinski definition) is 2. The molecule has 0 aliphatic carbocycles. The Bertz CT molecular complexity index is 549. The highest BCUT2D eigenvalue weighted by molar-refractivity contribution is 14.1. The molecule has 2 rings (SSSR count). The fourth-order valence-electron chi connectivity index (χ4n) is 1.62. The maximum atomic E-state index is 11.9. The van der Waals surface area contributed by atoms with Gasteiger partial charge in [0.15, 0.2) is 5.78 Å². The van der Waals surface area contributed by atoms with Crippen LogP contribution in [0.2, 0.25) is 0 Å². The fourth-order valence-corrected chi connectivity index (χ4v) is 2.17. The van der Waals surface area contributed by atoms with Crippen molar-refractivity contribution >= 4 is 34.1 Å². The van der Waals surface area contributed by atoms with E-state index in [0.29, 0.717) is 6.54 Å². The van der Waals surface area contributed by atoms with Crippen LogP contribution in [0.15, 0.2) is 48.5 Å². The number of aryl methyl sites for hydroxylation is 1. The van der Waals surface area contributed by atoms with E-state index in [1.807, 2.05) is 55.5 Å². The van der Waals surface area contributed by atoms with Crippen LogP contribution in [0.25, 0.3) is 0 Å². The number of rotatable bonds is 4. The van der Waals surface area contributed by atoms with Gasteiger partial charge in [0.05, 0.1) is 6.54 Å². The van der Waals surface area contributed by atoms with Crippen molar-refractivity contribution in [2.45, 2.75) is 6.92 Å². The summed E-state index contributed by atoms with van der Waals surface area (Å²) in [4.78, 5) is 11.9. The highest BCUT2D eigenvalue weighted by Crippen LogP contribution is 2.12. The number of ketones is 1. The Hall–Kier alpha value is -1.36. The Morgan fingerprint density at radius 2 is 1.89 bits per heavy atom. The van der Waals surface area contributed by atoms with E-state index >= 15 is 0 Å². The minimum Gasteiger partial charge on any atom is -0.378 e. The van der Waals surface area contributed by atoms with E-state index in [-0.39, 0.29) is 5.78 Å². The Kier molecular flexibility index (Phi) is 4.36. The molecular weight excluding hydrogens is 337 g/mol. The molecule has 0 amide bonds. The van der Waals surface area contributed by atoms with Crippen molar-refractivity contribution in [3.8, 4) is 0 Å². The molecule has 0 atom stereocenters. The first-order valence-corrected chi connectivity index (χ1v) is 6.82. The summed E-state index contributed by atoms with van der Waals surface area (Å²) in [6, 6.07) is 15.6. The van der Waals surface area contributed by atoms with Gasteiger partial charge in [-0.05, 0) is 47.7 Å². The lowest BCUT2D eigenvalue weighted by Crippen LogP contribution is -2.13. The molecule has 0 heterocycles. The van der Waals surface area contributed by atoms with Crippen molar-refractivity contribution in [3.63, 3.8) is 0 Å². The van der Waals surface area contributed by atoms with E-state index in [1.54, 1.807) is 0 Å². The number of hydrogen-bond donors (Lipinski definition) is 1. The van der Waals surface area contributed by atoms with E-state index in [2.05, 4.69) is 27.9 Å². The van der Waals surface area contributed by atoms with Crippen molar-refractivity contribution < 1.29 is 4.79 Å². The van der Waals surface area contributed by atoms with Crippen LogP contribution in [0, 0.1) is 10.5 Å². The number of halogens is 1. The molecule has 0 unspecified atom stereocenters. The first-order chi connectivity index (χ1) is 8.65. The Morgan fingerprint density at radius 1 is 1.17 bits per heavy atom. The molecular formula is C15H14INO. The fraction of sp³-hybridized carbons (Fsp3) is 0.133. The van der Waals surface area contributed by atoms with Gasteiger partial charge in [0, 0.05) is 14.8 Å². The maximum Gasteiger partial charge on any atom is 0.181 e. The standard InChI is InChI=1S/C15H14INO/c1-11-5-7-12(8-6-11)15(18)10-17-14-4-2-3-13(16)9-14/h2-9,17H,10H2,1H3. The number of carbonyl (C=O) groups excluding carboxylic acids is 1. The number of carbonyl (C=O) groups is 1. The van der Waals surface area contributed by atoms with Gasteiger partial charge in [0.1, 0.15) is 0 Å². The van der Waals surface area contributed by atoms with Crippen molar-refractivity contribution in [2.24, 2.45) is 0 Å². The lowest BCUT2D eigenvalue weighted by molar-refractivity contribution is 0.101. The number of nitrogens with one attached hydrogen (secondary N) is 1. The highest BCUT2D eigenvalue weighted by atomic mass is 127. The van der Waals surface area contributed by atoms with Crippen molar-refractivity contribution in [3.05, 3.63) is 63.2 Å². The minimum absolute atomic E-state index is 0.105. The average Bonchev–Trinajstić information content (AvgIpc) is 2.37. The zero-order valence-corrected chi connectivity index (χ0v) is 12.3. The SMILES string of the molecule is Cc1ccc(C(=O)CNc2cccc(I)c2)cc1. The van der Waals surface area contributed by atoms with Crippen LogP contribution < -0.4 is 5.32 Å². The summed E-state index contributed by atoms with van der Waals surface area (Å²) in [5.41, 5.74) is 2.89. The first kappa shape index (κ1) is 13.1. The molecule has 0 radical (unpaired) electrons. The monoisotopic (exact) mass is 351 g/mol. The number of Topliss-reactive ketones (excluding diaryl/α,β-unsaturated/α-hetero) is 1. The molecule has 0 fully saturated rings. The molecule has 1 N–H and O–H groups in total. The molecule has 92 valence electrons. The smallest absolute Gasteiger partial charge is 0.181 e. The second kappa shape index (κ2) is 6.00. The summed E-state index contributed by atoms with van der Waals surface area (Å²) in [7, 11) is 0. The lowest BCUT2D eigenvalue weighted by Gasteiger charge is -2.06. The summed E-state index contributed by atoms with van der Waals surface area (Å²) >= 11 is 2.25. The molecule has 3 heteroatoms. The van der Waals surface area contributed by atoms with E-state index in [9.17, 15) is 4.79 Å². The van der Waals surface area contributed by atoms with Gasteiger partial charge in [-0.3, -0.25) is 4.79 Å². The average molecular weight is 351 g/mol. The predicted molar refractivity (Wildman–Crippen MR) is 83.2 cm³/mol. The van der Waals surface area contributed by atoms with Crippen LogP contribution in [0.1, 0.15) is 15.9 Å². The van der Waals surface area contributed by atoms with E-state index in [4.69, 9.17) is 0 Å². The third kappa shape index (κ3) is 3.57. The molecule has 0 saturated heterocycles. The summed E-state index contributed by atoms with van der Waals surface area (Å²) in [6.45, 7) is 2.33. The Morgan fingerprint density at radius 3 is 2.56 bits per heavy atom. The zero-order valence-electron chi connectivity index (χ0n) is 10.1. The van der Waals surface area contributed by atoms with Gasteiger partial charge in [-0.2, -0.15) is 0 Å². The minimum atomic E-state index is 0.105. The number of benzene rings is 2. The molecule has 2 aromatic carbocycles. The molecule has 2 aromatic rings. The molecule has 2 nitrogen and oxygen atoms in total. The van der Waals surface area contributed by atoms with Gasteiger partial charge in [-0.15, -0.1) is 0 Å². The van der Waals surface area contributed by atoms with E-state index in [1.165, 1.54) is 0 Å². The van der Waals surface area contributed by atoms with Crippen LogP contribution in [-0.4, -0.2) is 12.3 Å². The quantitative estimate of drug-likeness (QED) is 0.669. The summed E-state index contributed by atoms with van der Waals surface area (Å²) in [6.07, 6.45) is 0. The normalized spacial score (nSPS) is 10.1. The molecule has 0 aromatic heterocycles. The van der Waals surface area contributed by atoms with Crippen LogP contribution >= 0.6 is 22.6 Å². The van der Waals surface area contributed by atoms with Gasteiger partial charge < -0.3 is 5.32 Å². The zero-order chi connectivity index (χ0) is 13.0. The molecule has 0 aliphatic rings. The van der Waals surface area contributed by atoms with Crippen LogP contribution in [0.5, 0.6) is 0 Å². The van der Waals surface area contributed by atoms with Gasteiger partial charge >= 0.3 is 0 Å². The van der Waals surface area contributed by atoms with Gasteiger partial charge in [-0.1, -0.05) is 35.9 Å². The molecule has 0 bridgehead atoms. The molecule has 0 aliphatic heterocycles. The Balaban J connectivity index is 1.98. The third-order valence-corrected chi connectivity index (χ3v) is 3.32. The predicted octanol–water partition coefficient (Wildman–Crippen LogP) is 3.89. The first-order valence-electron chi connectivity index (χ1n) is 5.74. The lowest BCUT2D eigenvalue weighted by atomic mass is 10.1. The third-order valence-electron chi connectivity index (χ3n) is 2.65. The maximum absolute atomic E-state index is 11.9. The van der Waals surface area contributed by atoms with Gasteiger partial charge in [-0.25, -0.2) is 0 Å². The van der Waals surface area contributed by atoms with Crippen molar-refractivity contribution in [1.82, 2.24) is 0 Å². The Labute approximate surface area is 121 Å². The number of anilines is 1. The van der Waals surface area contributed by atoms with E-state index in [0.717, 1.165) is 20.4 Å². The van der Waals surface area contributed by atoms with Gasteiger partial charge in [0.2, 0.25) is 0 Å². The van der Waals surface area contributed by atoms with Crippen LogP contribution in [0.3, 0.4) is 0 Å². The second-order valence-electron chi connectivity index (χ2n) is 4.15. The molecule has 18 heavy (non-hydrogen) atoms. The highest BCUT2D eigenvalue weighted by Gasteiger charge is 2.04. The van der Waals surface area contributed by atoms with E-state index < -0.39 is 0 Å². The van der Waals surface area contributed by atoms with Crippen molar-refractivity contribution in [1.29, 1.82) is 0 Å². The van der Waals surface area contributed by atoms with Crippen LogP contribution in [0.4, 0.5) is 5.69 Å². The van der Waals surface area contributed by atoms with Gasteiger partial charge in [0.25, 0.3) is 0 Å². The topological polar surface area (TPSA) is 29.1 Å². The second-order valence-corrected chi connectivity index (χ2v) is 5.40. The summed E-state index contributed by atoms with van der Waals surface area (Å²) in [5, 5.41) is 3.14. The molecule has 0 saturated carbocycles. The summed E-state index contributed by atoms with van der Waals surface area (Å²) in [5.74, 6) is 0.105. The largest absolute Gasteiger partial charge is 0.378 e. The summed E-state index contributed by atoms with van der Waals surface area (Å²) < 4.78 is 1.15.